The van der Waals surface area contributed by atoms with Crippen LogP contribution in [-0.4, -0.2) is 32.9 Å². The number of hydrogen-bond acceptors (Lipinski definition) is 0. The summed E-state index contributed by atoms with van der Waals surface area (Å²) in [5, 5.41) is 0. The first-order chi connectivity index (χ1) is 1.73. The van der Waals surface area contributed by atoms with Crippen LogP contribution in [0.25, 0.3) is 0 Å². The van der Waals surface area contributed by atoms with Crippen LogP contribution in [0.15, 0.2) is 0 Å². The van der Waals surface area contributed by atoms with Gasteiger partial charge in [0.05, 0.1) is 0 Å². The van der Waals surface area contributed by atoms with Crippen molar-refractivity contribution in [2.75, 3.05) is 0 Å². The third-order valence-electron chi connectivity index (χ3n) is 0. The fraction of sp³-hybridized carbons (Fsp3) is 0. The Balaban J connectivity index is -0.00000000300. The normalized spacial score (nSPS) is 4.50. The van der Waals surface area contributed by atoms with Crippen LogP contribution >= 0.6 is 29.1 Å². The number of rotatable bonds is 0. The van der Waals surface area contributed by atoms with Crippen molar-refractivity contribution in [1.29, 1.82) is 0 Å². The van der Waals surface area contributed by atoms with E-state index in [0.717, 1.165) is 0 Å². The fourth-order valence-electron chi connectivity index (χ4n) is 0. The van der Waals surface area contributed by atoms with Crippen molar-refractivity contribution < 1.29 is 45.8 Å². The summed E-state index contributed by atoms with van der Waals surface area (Å²) in [7, 11) is 14.8. The molecule has 0 heterocycles. The van der Waals surface area contributed by atoms with Gasteiger partial charge in [0.25, 0.3) is 0 Å². The average Bonchev–Trinajstić information content (AvgIpc) is 0.811. The minimum atomic E-state index is -1.66. The Labute approximate surface area is 74.9 Å². The summed E-state index contributed by atoms with van der Waals surface area (Å²) < 4.78 is 0. The molecule has 0 fully saturated rings. The van der Waals surface area contributed by atoms with Crippen molar-refractivity contribution in [3.63, 3.8) is 0 Å². The Kier molecular flexibility index (Phi) is 317. The van der Waals surface area contributed by atoms with E-state index >= 15 is 0 Å². The van der Waals surface area contributed by atoms with E-state index < -0.39 is 13.0 Å². The summed E-state index contributed by atoms with van der Waals surface area (Å²) in [5.41, 5.74) is 0. The van der Waals surface area contributed by atoms with Crippen molar-refractivity contribution in [3.05, 3.63) is 0 Å². The molecule has 10 heavy (non-hydrogen) atoms. The van der Waals surface area contributed by atoms with Gasteiger partial charge in [-0.1, -0.05) is 0 Å². The van der Waals surface area contributed by atoms with Crippen LogP contribution in [0.4, 0.5) is 0 Å². The Morgan fingerprint density at radius 1 is 0.500 bits per heavy atom. The summed E-state index contributed by atoms with van der Waals surface area (Å²) in [4.78, 5) is 0. The number of halogens is 3. The Morgan fingerprint density at radius 3 is 0.500 bits per heavy atom. The summed E-state index contributed by atoms with van der Waals surface area (Å²) >= 11 is -1.66. The molecule has 0 atom stereocenters. The van der Waals surface area contributed by atoms with Crippen LogP contribution in [0.3, 0.4) is 0 Å². The SMILES string of the molecule is O.O.O.O.O.O.[Cl][Rh]([Cl])[Cl]. The van der Waals surface area contributed by atoms with Crippen molar-refractivity contribution in [1.82, 2.24) is 0 Å². The maximum atomic E-state index is 4.94. The van der Waals surface area contributed by atoms with Crippen molar-refractivity contribution in [3.8, 4) is 0 Å². The van der Waals surface area contributed by atoms with E-state index in [1.54, 1.807) is 0 Å². The van der Waals surface area contributed by atoms with Crippen molar-refractivity contribution >= 4 is 29.1 Å². The molecular weight excluding hydrogens is 305 g/mol. The standard InChI is InChI=1S/3ClH.6H2O.Rh/h3*1H;6*1H2;/q;;;;;;;;;+3/p-3. The molecule has 0 radical (unpaired) electrons. The second-order valence-corrected chi connectivity index (χ2v) is 7.61. The van der Waals surface area contributed by atoms with Gasteiger partial charge < -0.3 is 32.9 Å². The van der Waals surface area contributed by atoms with Gasteiger partial charge in [-0.05, 0) is 0 Å². The van der Waals surface area contributed by atoms with Gasteiger partial charge in [0.2, 0.25) is 0 Å². The molecule has 0 saturated carbocycles. The first-order valence-electron chi connectivity index (χ1n) is 0.378. The molecule has 10 heteroatoms. The maximum absolute atomic E-state index is 4.94. The Hall–Kier alpha value is 1.25. The molecule has 0 aliphatic heterocycles. The van der Waals surface area contributed by atoms with Gasteiger partial charge in [-0.15, -0.1) is 0 Å². The molecule has 0 aliphatic carbocycles. The monoisotopic (exact) mass is 316 g/mol. The summed E-state index contributed by atoms with van der Waals surface area (Å²) in [6, 6.07) is 0. The predicted octanol–water partition coefficient (Wildman–Crippen LogP) is -2.88. The van der Waals surface area contributed by atoms with Gasteiger partial charge in [-0.25, -0.2) is 0 Å². The molecule has 0 aliphatic rings. The van der Waals surface area contributed by atoms with Gasteiger partial charge in [0.1, 0.15) is 0 Å². The zero-order chi connectivity index (χ0) is 3.58. The third kappa shape index (κ3) is 401. The van der Waals surface area contributed by atoms with Crippen LogP contribution in [-0.2, 0) is 13.0 Å². The van der Waals surface area contributed by atoms with Crippen LogP contribution < -0.4 is 0 Å². The molecule has 0 amide bonds. The quantitative estimate of drug-likeness (QED) is 0.415. The van der Waals surface area contributed by atoms with Crippen molar-refractivity contribution in [2.45, 2.75) is 0 Å². The Morgan fingerprint density at radius 2 is 0.500 bits per heavy atom. The molecule has 0 bridgehead atoms. The topological polar surface area (TPSA) is 189 Å². The molecule has 0 aromatic carbocycles. The Bertz CT molecular complexity index is 17.7. The van der Waals surface area contributed by atoms with Crippen LogP contribution in [0.1, 0.15) is 0 Å². The second-order valence-electron chi connectivity index (χ2n) is 0.143. The van der Waals surface area contributed by atoms with Crippen LogP contribution in [0.5, 0.6) is 0 Å². The minimum absolute atomic E-state index is 0. The number of hydrogen-bond donors (Lipinski definition) is 0. The van der Waals surface area contributed by atoms with E-state index in [4.69, 9.17) is 29.1 Å². The molecule has 0 spiro atoms. The van der Waals surface area contributed by atoms with Gasteiger partial charge in [0.15, 0.2) is 0 Å². The van der Waals surface area contributed by atoms with E-state index in [1.807, 2.05) is 0 Å². The molecule has 0 rings (SSSR count). The van der Waals surface area contributed by atoms with Gasteiger partial charge in [-0.2, -0.15) is 0 Å². The first-order valence-corrected chi connectivity index (χ1v) is 6.71. The average molecular weight is 317 g/mol. The predicted molar refractivity (Wildman–Crippen MR) is 39.2 cm³/mol. The van der Waals surface area contributed by atoms with E-state index in [-0.39, 0.29) is 32.9 Å². The van der Waals surface area contributed by atoms with E-state index in [9.17, 15) is 0 Å². The summed E-state index contributed by atoms with van der Waals surface area (Å²) in [6.45, 7) is 0. The van der Waals surface area contributed by atoms with Crippen LogP contribution in [0, 0.1) is 0 Å². The van der Waals surface area contributed by atoms with Crippen LogP contribution in [0.2, 0.25) is 0 Å². The zero-order valence-corrected chi connectivity index (χ0v) is 8.37. The summed E-state index contributed by atoms with van der Waals surface area (Å²) in [6.07, 6.45) is 0. The fourth-order valence-corrected chi connectivity index (χ4v) is 0. The summed E-state index contributed by atoms with van der Waals surface area (Å²) in [5.74, 6) is 0. The first kappa shape index (κ1) is 65.4. The van der Waals surface area contributed by atoms with Gasteiger partial charge in [-0.3, -0.25) is 0 Å². The molecular formula is H12Cl3O6Rh. The molecule has 12 N–H and O–H groups in total. The van der Waals surface area contributed by atoms with Gasteiger partial charge in [0, 0.05) is 0 Å². The molecule has 0 aromatic rings. The van der Waals surface area contributed by atoms with E-state index in [0.29, 0.717) is 0 Å². The second kappa shape index (κ2) is 48.5. The van der Waals surface area contributed by atoms with E-state index in [1.165, 1.54) is 0 Å². The van der Waals surface area contributed by atoms with Crippen molar-refractivity contribution in [2.24, 2.45) is 0 Å². The third-order valence-corrected chi connectivity index (χ3v) is 0. The molecule has 0 aromatic heterocycles. The molecule has 0 saturated heterocycles. The zero-order valence-electron chi connectivity index (χ0n) is 4.47. The van der Waals surface area contributed by atoms with Gasteiger partial charge >= 0.3 is 42.1 Å². The molecule has 6 nitrogen and oxygen atoms in total. The molecule has 0 unspecified atom stereocenters. The van der Waals surface area contributed by atoms with E-state index in [2.05, 4.69) is 0 Å². The molecule has 78 valence electrons.